The van der Waals surface area contributed by atoms with Crippen LogP contribution in [0.5, 0.6) is 0 Å². The summed E-state index contributed by atoms with van der Waals surface area (Å²) in [6.45, 7) is 3.16. The number of carbonyl (C=O) groups excluding carboxylic acids is 2. The summed E-state index contributed by atoms with van der Waals surface area (Å²) in [5, 5.41) is 8.46. The van der Waals surface area contributed by atoms with Crippen LogP contribution in [0, 0.1) is 12.7 Å². The lowest BCUT2D eigenvalue weighted by Crippen LogP contribution is -2.25. The Bertz CT molecular complexity index is 1050. The van der Waals surface area contributed by atoms with Crippen molar-refractivity contribution in [2.24, 2.45) is 0 Å². The van der Waals surface area contributed by atoms with Crippen molar-refractivity contribution in [3.8, 4) is 0 Å². The molecule has 3 aromatic rings. The Morgan fingerprint density at radius 2 is 1.76 bits per heavy atom. The maximum atomic E-state index is 13.7. The number of halogens is 1. The second-order valence-corrected chi connectivity index (χ2v) is 6.35. The predicted molar refractivity (Wildman–Crippen MR) is 108 cm³/mol. The van der Waals surface area contributed by atoms with E-state index in [-0.39, 0.29) is 24.0 Å². The van der Waals surface area contributed by atoms with Gasteiger partial charge in [-0.25, -0.2) is 14.4 Å². The van der Waals surface area contributed by atoms with Crippen molar-refractivity contribution < 1.29 is 14.0 Å². The van der Waals surface area contributed by atoms with Gasteiger partial charge in [0.25, 0.3) is 5.91 Å². The van der Waals surface area contributed by atoms with Crippen LogP contribution in [0.25, 0.3) is 0 Å². The molecule has 29 heavy (non-hydrogen) atoms. The number of nitrogens with zero attached hydrogens (tertiary/aromatic N) is 2. The zero-order valence-corrected chi connectivity index (χ0v) is 16.0. The van der Waals surface area contributed by atoms with Gasteiger partial charge >= 0.3 is 0 Å². The summed E-state index contributed by atoms with van der Waals surface area (Å²) in [5.74, 6) is -0.159. The van der Waals surface area contributed by atoms with Crippen molar-refractivity contribution in [2.45, 2.75) is 20.4 Å². The van der Waals surface area contributed by atoms with E-state index in [0.717, 1.165) is 0 Å². The van der Waals surface area contributed by atoms with Crippen LogP contribution in [0.2, 0.25) is 0 Å². The minimum absolute atomic E-state index is 0.0517. The summed E-state index contributed by atoms with van der Waals surface area (Å²) in [6, 6.07) is 14.8. The van der Waals surface area contributed by atoms with Gasteiger partial charge in [0.15, 0.2) is 0 Å². The standard InChI is InChI=1S/C21H20FN5O2/c1-13-24-19(21(29)23-12-15-6-3-4-9-18(15)22)11-20(25-13)27-17-8-5-7-16(10-17)26-14(2)28/h3-11H,12H2,1-2H3,(H,23,29)(H,26,28)(H,24,25,27). The van der Waals surface area contributed by atoms with Crippen LogP contribution >= 0.6 is 0 Å². The van der Waals surface area contributed by atoms with Crippen molar-refractivity contribution in [1.82, 2.24) is 15.3 Å². The Kier molecular flexibility index (Phi) is 6.13. The molecule has 7 nitrogen and oxygen atoms in total. The number of amides is 2. The Labute approximate surface area is 167 Å². The maximum Gasteiger partial charge on any atom is 0.270 e. The van der Waals surface area contributed by atoms with E-state index in [4.69, 9.17) is 0 Å². The molecule has 1 aromatic heterocycles. The van der Waals surface area contributed by atoms with E-state index >= 15 is 0 Å². The lowest BCUT2D eigenvalue weighted by Gasteiger charge is -2.11. The SMILES string of the molecule is CC(=O)Nc1cccc(Nc2cc(C(=O)NCc3ccccc3F)nc(C)n2)c1. The zero-order valence-electron chi connectivity index (χ0n) is 16.0. The van der Waals surface area contributed by atoms with Crippen LogP contribution < -0.4 is 16.0 Å². The monoisotopic (exact) mass is 393 g/mol. The third-order valence-electron chi connectivity index (χ3n) is 3.92. The van der Waals surface area contributed by atoms with Gasteiger partial charge in [-0.15, -0.1) is 0 Å². The number of carbonyl (C=O) groups is 2. The fourth-order valence-corrected chi connectivity index (χ4v) is 2.68. The molecule has 3 N–H and O–H groups in total. The molecule has 0 atom stereocenters. The second kappa shape index (κ2) is 8.92. The summed E-state index contributed by atoms with van der Waals surface area (Å²) < 4.78 is 13.7. The minimum atomic E-state index is -0.436. The first kappa shape index (κ1) is 19.9. The van der Waals surface area contributed by atoms with Crippen LogP contribution in [-0.2, 0) is 11.3 Å². The number of rotatable bonds is 6. The van der Waals surface area contributed by atoms with E-state index in [9.17, 15) is 14.0 Å². The number of aryl methyl sites for hydroxylation is 1. The first-order valence-electron chi connectivity index (χ1n) is 8.92. The highest BCUT2D eigenvalue weighted by atomic mass is 19.1. The van der Waals surface area contributed by atoms with Gasteiger partial charge in [-0.2, -0.15) is 0 Å². The van der Waals surface area contributed by atoms with Crippen LogP contribution in [0.1, 0.15) is 28.8 Å². The average molecular weight is 393 g/mol. The van der Waals surface area contributed by atoms with E-state index in [1.165, 1.54) is 19.1 Å². The molecule has 0 saturated heterocycles. The van der Waals surface area contributed by atoms with Gasteiger partial charge in [-0.1, -0.05) is 24.3 Å². The molecule has 0 saturated carbocycles. The van der Waals surface area contributed by atoms with Crippen LogP contribution in [0.15, 0.2) is 54.6 Å². The molecule has 2 amide bonds. The third-order valence-corrected chi connectivity index (χ3v) is 3.92. The van der Waals surface area contributed by atoms with Crippen molar-refractivity contribution >= 4 is 29.0 Å². The molecule has 0 aliphatic carbocycles. The lowest BCUT2D eigenvalue weighted by atomic mass is 10.2. The van der Waals surface area contributed by atoms with E-state index < -0.39 is 5.91 Å². The fourth-order valence-electron chi connectivity index (χ4n) is 2.68. The largest absolute Gasteiger partial charge is 0.347 e. The van der Waals surface area contributed by atoms with E-state index in [0.29, 0.717) is 28.6 Å². The van der Waals surface area contributed by atoms with Gasteiger partial charge in [-0.3, -0.25) is 9.59 Å². The van der Waals surface area contributed by atoms with Gasteiger partial charge in [0.1, 0.15) is 23.2 Å². The predicted octanol–water partition coefficient (Wildman–Crippen LogP) is 3.56. The molecule has 8 heteroatoms. The molecule has 0 aliphatic heterocycles. The van der Waals surface area contributed by atoms with E-state index in [1.54, 1.807) is 49.4 Å². The smallest absolute Gasteiger partial charge is 0.270 e. The van der Waals surface area contributed by atoms with Crippen LogP contribution in [0.4, 0.5) is 21.6 Å². The Morgan fingerprint density at radius 1 is 1.00 bits per heavy atom. The third kappa shape index (κ3) is 5.58. The molecule has 3 rings (SSSR count). The minimum Gasteiger partial charge on any atom is -0.347 e. The van der Waals surface area contributed by atoms with E-state index in [1.807, 2.05) is 0 Å². The highest BCUT2D eigenvalue weighted by molar-refractivity contribution is 5.93. The number of benzene rings is 2. The molecule has 0 aliphatic rings. The van der Waals surface area contributed by atoms with Crippen LogP contribution in [0.3, 0.4) is 0 Å². The molecular weight excluding hydrogens is 373 g/mol. The van der Waals surface area contributed by atoms with Crippen molar-refractivity contribution in [2.75, 3.05) is 10.6 Å². The molecule has 0 unspecified atom stereocenters. The number of nitrogens with one attached hydrogen (secondary N) is 3. The quantitative estimate of drug-likeness (QED) is 0.595. The molecule has 2 aromatic carbocycles. The first-order chi connectivity index (χ1) is 13.9. The summed E-state index contributed by atoms with van der Waals surface area (Å²) in [5.41, 5.74) is 1.87. The Morgan fingerprint density at radius 3 is 2.52 bits per heavy atom. The van der Waals surface area contributed by atoms with Crippen molar-refractivity contribution in [3.63, 3.8) is 0 Å². The average Bonchev–Trinajstić information content (AvgIpc) is 2.66. The molecule has 0 bridgehead atoms. The molecule has 148 valence electrons. The summed E-state index contributed by atoms with van der Waals surface area (Å²) in [7, 11) is 0. The van der Waals surface area contributed by atoms with Crippen LogP contribution in [-0.4, -0.2) is 21.8 Å². The summed E-state index contributed by atoms with van der Waals surface area (Å²) >= 11 is 0. The summed E-state index contributed by atoms with van der Waals surface area (Å²) in [6.07, 6.45) is 0. The maximum absolute atomic E-state index is 13.7. The Balaban J connectivity index is 1.73. The number of aromatic nitrogens is 2. The van der Waals surface area contributed by atoms with Gasteiger partial charge in [-0.05, 0) is 31.2 Å². The van der Waals surface area contributed by atoms with Gasteiger partial charge in [0, 0.05) is 36.5 Å². The zero-order chi connectivity index (χ0) is 20.8. The number of anilines is 3. The molecule has 0 spiro atoms. The van der Waals surface area contributed by atoms with Gasteiger partial charge in [0.2, 0.25) is 5.91 Å². The van der Waals surface area contributed by atoms with Gasteiger partial charge < -0.3 is 16.0 Å². The number of hydrogen-bond acceptors (Lipinski definition) is 5. The fraction of sp³-hybridized carbons (Fsp3) is 0.143. The van der Waals surface area contributed by atoms with Crippen molar-refractivity contribution in [3.05, 3.63) is 77.5 Å². The Hall–Kier alpha value is -3.81. The van der Waals surface area contributed by atoms with E-state index in [2.05, 4.69) is 25.9 Å². The molecule has 0 fully saturated rings. The highest BCUT2D eigenvalue weighted by Gasteiger charge is 2.12. The highest BCUT2D eigenvalue weighted by Crippen LogP contribution is 2.19. The topological polar surface area (TPSA) is 96.0 Å². The lowest BCUT2D eigenvalue weighted by molar-refractivity contribution is -0.114. The molecule has 0 radical (unpaired) electrons. The summed E-state index contributed by atoms with van der Waals surface area (Å²) in [4.78, 5) is 32.1. The number of hydrogen-bond donors (Lipinski definition) is 3. The first-order valence-corrected chi connectivity index (χ1v) is 8.92. The second-order valence-electron chi connectivity index (χ2n) is 6.35. The van der Waals surface area contributed by atoms with Gasteiger partial charge in [0.05, 0.1) is 0 Å². The molecule has 1 heterocycles. The molecular formula is C21H20FN5O2. The van der Waals surface area contributed by atoms with Crippen molar-refractivity contribution in [1.29, 1.82) is 0 Å². The normalized spacial score (nSPS) is 10.3.